The van der Waals surface area contributed by atoms with Gasteiger partial charge >= 0.3 is 5.97 Å². The molecule has 2 rings (SSSR count). The van der Waals surface area contributed by atoms with Crippen LogP contribution in [0.25, 0.3) is 0 Å². The van der Waals surface area contributed by atoms with E-state index in [2.05, 4.69) is 15.3 Å². The molecular formula is C15H15Cl2N3O2S. The molecule has 0 spiro atoms. The summed E-state index contributed by atoms with van der Waals surface area (Å²) >= 11 is 13.1. The van der Waals surface area contributed by atoms with E-state index in [0.29, 0.717) is 16.0 Å². The van der Waals surface area contributed by atoms with Crippen LogP contribution in [0.5, 0.6) is 0 Å². The molecule has 8 heteroatoms. The Kier molecular flexibility index (Phi) is 5.73. The minimum absolute atomic E-state index is 0.242. The summed E-state index contributed by atoms with van der Waals surface area (Å²) in [5, 5.41) is 12.7. The zero-order valence-electron chi connectivity index (χ0n) is 12.7. The molecule has 0 aliphatic carbocycles. The number of carboxylic acids is 1. The Morgan fingerprint density at radius 2 is 1.96 bits per heavy atom. The van der Waals surface area contributed by atoms with Gasteiger partial charge in [-0.2, -0.15) is 0 Å². The molecule has 5 nitrogen and oxygen atoms in total. The number of aromatic nitrogens is 2. The molecule has 0 bridgehead atoms. The molecule has 122 valence electrons. The monoisotopic (exact) mass is 371 g/mol. The number of nitrogens with zero attached hydrogens (tertiary/aromatic N) is 2. The highest BCUT2D eigenvalue weighted by Crippen LogP contribution is 2.29. The molecule has 1 atom stereocenters. The average molecular weight is 372 g/mol. The number of nitrogens with one attached hydrogen (secondary N) is 1. The number of hydrogen-bond acceptors (Lipinski definition) is 5. The lowest BCUT2D eigenvalue weighted by Crippen LogP contribution is -2.12. The highest BCUT2D eigenvalue weighted by molar-refractivity contribution is 8.00. The lowest BCUT2D eigenvalue weighted by molar-refractivity contribution is -0.136. The molecule has 0 aliphatic rings. The van der Waals surface area contributed by atoms with Gasteiger partial charge in [0.2, 0.25) is 0 Å². The third-order valence-electron chi connectivity index (χ3n) is 3.29. The average Bonchev–Trinajstić information content (AvgIpc) is 2.47. The van der Waals surface area contributed by atoms with Gasteiger partial charge in [-0.05, 0) is 44.0 Å². The van der Waals surface area contributed by atoms with Gasteiger partial charge in [-0.25, -0.2) is 9.97 Å². The molecule has 0 saturated heterocycles. The van der Waals surface area contributed by atoms with Gasteiger partial charge in [-0.15, -0.1) is 0 Å². The molecule has 1 heterocycles. The van der Waals surface area contributed by atoms with E-state index < -0.39 is 11.2 Å². The van der Waals surface area contributed by atoms with Crippen LogP contribution in [0.15, 0.2) is 23.4 Å². The Bertz CT molecular complexity index is 756. The van der Waals surface area contributed by atoms with Gasteiger partial charge in [-0.3, -0.25) is 4.79 Å². The SMILES string of the molecule is Cc1c(Cl)ccc(Nc2cc(Cl)nc(SC(C)C(=O)O)n2)c1C. The Labute approximate surface area is 148 Å². The summed E-state index contributed by atoms with van der Waals surface area (Å²) in [6.07, 6.45) is 0. The fourth-order valence-electron chi connectivity index (χ4n) is 1.78. The van der Waals surface area contributed by atoms with E-state index in [9.17, 15) is 4.79 Å². The van der Waals surface area contributed by atoms with Crippen LogP contribution in [0.2, 0.25) is 10.2 Å². The van der Waals surface area contributed by atoms with Crippen LogP contribution in [-0.4, -0.2) is 26.3 Å². The van der Waals surface area contributed by atoms with Gasteiger partial charge < -0.3 is 10.4 Å². The maximum absolute atomic E-state index is 10.9. The first-order valence-electron chi connectivity index (χ1n) is 6.74. The summed E-state index contributed by atoms with van der Waals surface area (Å²) in [7, 11) is 0. The third kappa shape index (κ3) is 4.50. The Hall–Kier alpha value is -1.50. The Balaban J connectivity index is 2.29. The van der Waals surface area contributed by atoms with E-state index in [-0.39, 0.29) is 5.15 Å². The van der Waals surface area contributed by atoms with E-state index in [1.807, 2.05) is 19.9 Å². The summed E-state index contributed by atoms with van der Waals surface area (Å²) in [6, 6.07) is 5.24. The summed E-state index contributed by atoms with van der Waals surface area (Å²) < 4.78 is 0. The number of rotatable bonds is 5. The molecule has 2 aromatic rings. The molecule has 23 heavy (non-hydrogen) atoms. The van der Waals surface area contributed by atoms with E-state index in [1.165, 1.54) is 0 Å². The van der Waals surface area contributed by atoms with Gasteiger partial charge in [0.25, 0.3) is 0 Å². The maximum atomic E-state index is 10.9. The van der Waals surface area contributed by atoms with Crippen molar-refractivity contribution >= 4 is 52.4 Å². The molecule has 1 aromatic carbocycles. The predicted octanol–water partition coefficient (Wildman–Crippen LogP) is 4.71. The normalized spacial score (nSPS) is 12.0. The van der Waals surface area contributed by atoms with E-state index in [0.717, 1.165) is 28.6 Å². The molecule has 0 saturated carbocycles. The van der Waals surface area contributed by atoms with Crippen LogP contribution in [0, 0.1) is 13.8 Å². The number of carbonyl (C=O) groups is 1. The Morgan fingerprint density at radius 3 is 2.61 bits per heavy atom. The van der Waals surface area contributed by atoms with Crippen molar-refractivity contribution < 1.29 is 9.90 Å². The zero-order chi connectivity index (χ0) is 17.1. The summed E-state index contributed by atoms with van der Waals surface area (Å²) in [4.78, 5) is 19.3. The summed E-state index contributed by atoms with van der Waals surface area (Å²) in [5.41, 5.74) is 2.83. The number of aliphatic carboxylic acids is 1. The topological polar surface area (TPSA) is 75.1 Å². The van der Waals surface area contributed by atoms with Crippen molar-refractivity contribution in [3.8, 4) is 0 Å². The molecule has 1 unspecified atom stereocenters. The summed E-state index contributed by atoms with van der Waals surface area (Å²) in [5.74, 6) is -0.438. The van der Waals surface area contributed by atoms with Crippen molar-refractivity contribution in [3.63, 3.8) is 0 Å². The van der Waals surface area contributed by atoms with Crippen LogP contribution >= 0.6 is 35.0 Å². The number of thioether (sulfide) groups is 1. The number of halogens is 2. The van der Waals surface area contributed by atoms with Crippen LogP contribution in [-0.2, 0) is 4.79 Å². The van der Waals surface area contributed by atoms with Crippen molar-refractivity contribution in [2.24, 2.45) is 0 Å². The molecular weight excluding hydrogens is 357 g/mol. The largest absolute Gasteiger partial charge is 0.480 e. The fraction of sp³-hybridized carbons (Fsp3) is 0.267. The van der Waals surface area contributed by atoms with Crippen molar-refractivity contribution in [2.45, 2.75) is 31.2 Å². The first kappa shape index (κ1) is 17.8. The highest BCUT2D eigenvalue weighted by Gasteiger charge is 2.16. The summed E-state index contributed by atoms with van der Waals surface area (Å²) in [6.45, 7) is 5.46. The molecule has 0 radical (unpaired) electrons. The number of benzene rings is 1. The van der Waals surface area contributed by atoms with Crippen molar-refractivity contribution in [3.05, 3.63) is 39.5 Å². The lowest BCUT2D eigenvalue weighted by atomic mass is 10.1. The molecule has 0 amide bonds. The third-order valence-corrected chi connectivity index (χ3v) is 4.84. The molecule has 2 N–H and O–H groups in total. The first-order chi connectivity index (χ1) is 10.8. The van der Waals surface area contributed by atoms with Crippen LogP contribution in [0.3, 0.4) is 0 Å². The van der Waals surface area contributed by atoms with Crippen LogP contribution in [0.4, 0.5) is 11.5 Å². The van der Waals surface area contributed by atoms with E-state index in [4.69, 9.17) is 28.3 Å². The van der Waals surface area contributed by atoms with Crippen molar-refractivity contribution in [1.29, 1.82) is 0 Å². The van der Waals surface area contributed by atoms with E-state index >= 15 is 0 Å². The fourth-order valence-corrected chi connectivity index (χ4v) is 2.94. The highest BCUT2D eigenvalue weighted by atomic mass is 35.5. The van der Waals surface area contributed by atoms with Crippen LogP contribution < -0.4 is 5.32 Å². The van der Waals surface area contributed by atoms with Gasteiger partial charge in [-0.1, -0.05) is 35.0 Å². The second kappa shape index (κ2) is 7.38. The minimum atomic E-state index is -0.933. The standard InChI is InChI=1S/C15H15Cl2N3O2S/c1-7-8(2)11(5-4-10(7)16)18-13-6-12(17)19-15(20-13)23-9(3)14(21)22/h4-6,9H,1-3H3,(H,21,22)(H,18,19,20). The maximum Gasteiger partial charge on any atom is 0.316 e. The number of carboxylic acid groups (broad SMARTS) is 1. The molecule has 0 aliphatic heterocycles. The van der Waals surface area contributed by atoms with Gasteiger partial charge in [0.15, 0.2) is 5.16 Å². The van der Waals surface area contributed by atoms with Gasteiger partial charge in [0.1, 0.15) is 16.2 Å². The molecule has 0 fully saturated rings. The quantitative estimate of drug-likeness (QED) is 0.450. The number of anilines is 2. The predicted molar refractivity (Wildman–Crippen MR) is 94.2 cm³/mol. The van der Waals surface area contributed by atoms with Crippen molar-refractivity contribution in [1.82, 2.24) is 9.97 Å². The second-order valence-electron chi connectivity index (χ2n) is 4.93. The smallest absolute Gasteiger partial charge is 0.316 e. The minimum Gasteiger partial charge on any atom is -0.480 e. The van der Waals surface area contributed by atoms with E-state index in [1.54, 1.807) is 19.1 Å². The number of hydrogen-bond donors (Lipinski definition) is 2. The zero-order valence-corrected chi connectivity index (χ0v) is 15.1. The first-order valence-corrected chi connectivity index (χ1v) is 8.38. The van der Waals surface area contributed by atoms with Gasteiger partial charge in [0, 0.05) is 16.8 Å². The molecule has 1 aromatic heterocycles. The van der Waals surface area contributed by atoms with Crippen LogP contribution in [0.1, 0.15) is 18.1 Å². The van der Waals surface area contributed by atoms with Crippen molar-refractivity contribution in [2.75, 3.05) is 5.32 Å². The Morgan fingerprint density at radius 1 is 1.26 bits per heavy atom. The second-order valence-corrected chi connectivity index (χ2v) is 7.03. The van der Waals surface area contributed by atoms with Gasteiger partial charge in [0.05, 0.1) is 0 Å². The lowest BCUT2D eigenvalue weighted by Gasteiger charge is -2.13.